The van der Waals surface area contributed by atoms with E-state index in [9.17, 15) is 8.78 Å². The Bertz CT molecular complexity index is 554. The van der Waals surface area contributed by atoms with Crippen molar-refractivity contribution in [2.75, 3.05) is 0 Å². The zero-order chi connectivity index (χ0) is 13.1. The van der Waals surface area contributed by atoms with Crippen molar-refractivity contribution in [2.24, 2.45) is 7.05 Å². The van der Waals surface area contributed by atoms with Crippen LogP contribution in [0, 0.1) is 11.6 Å². The topological polar surface area (TPSA) is 29.9 Å². The molecule has 0 aliphatic rings. The van der Waals surface area contributed by atoms with Crippen LogP contribution in [0.5, 0.6) is 0 Å². The average Bonchev–Trinajstić information content (AvgIpc) is 2.74. The Kier molecular flexibility index (Phi) is 4.08. The minimum Gasteiger partial charge on any atom is -0.307 e. The SMILES string of the molecule is Cn1ccc(CNCc2c(F)ccc(Br)c2F)n1. The molecule has 0 spiro atoms. The molecule has 0 radical (unpaired) electrons. The standard InChI is InChI=1S/C12H12BrF2N3/c1-18-5-4-8(17-18)6-16-7-9-11(14)3-2-10(13)12(9)15/h2-5,16H,6-7H2,1H3. The fourth-order valence-electron chi connectivity index (χ4n) is 1.60. The monoisotopic (exact) mass is 315 g/mol. The lowest BCUT2D eigenvalue weighted by atomic mass is 10.2. The van der Waals surface area contributed by atoms with Gasteiger partial charge in [0.2, 0.25) is 0 Å². The van der Waals surface area contributed by atoms with Crippen LogP contribution in [0.3, 0.4) is 0 Å². The summed E-state index contributed by atoms with van der Waals surface area (Å²) < 4.78 is 29.0. The van der Waals surface area contributed by atoms with Crippen LogP contribution in [0.25, 0.3) is 0 Å². The minimum absolute atomic E-state index is 0.0281. The van der Waals surface area contributed by atoms with Gasteiger partial charge in [0.15, 0.2) is 0 Å². The van der Waals surface area contributed by atoms with Crippen molar-refractivity contribution < 1.29 is 8.78 Å². The Balaban J connectivity index is 2.00. The first-order chi connectivity index (χ1) is 8.58. The van der Waals surface area contributed by atoms with Crippen molar-refractivity contribution in [3.8, 4) is 0 Å². The highest BCUT2D eigenvalue weighted by Crippen LogP contribution is 2.21. The molecule has 0 bridgehead atoms. The lowest BCUT2D eigenvalue weighted by molar-refractivity contribution is 0.529. The molecule has 0 saturated heterocycles. The molecule has 18 heavy (non-hydrogen) atoms. The highest BCUT2D eigenvalue weighted by Gasteiger charge is 2.11. The third-order valence-corrected chi connectivity index (χ3v) is 3.13. The number of nitrogens with zero attached hydrogens (tertiary/aromatic N) is 2. The van der Waals surface area contributed by atoms with Crippen LogP contribution in [-0.4, -0.2) is 9.78 Å². The second-order valence-corrected chi connectivity index (χ2v) is 4.76. The summed E-state index contributed by atoms with van der Waals surface area (Å²) in [7, 11) is 1.82. The molecule has 2 rings (SSSR count). The molecule has 0 amide bonds. The second kappa shape index (κ2) is 5.58. The smallest absolute Gasteiger partial charge is 0.144 e. The number of nitrogens with one attached hydrogen (secondary N) is 1. The molecule has 3 nitrogen and oxygen atoms in total. The molecule has 0 aliphatic carbocycles. The van der Waals surface area contributed by atoms with E-state index < -0.39 is 11.6 Å². The van der Waals surface area contributed by atoms with E-state index in [0.29, 0.717) is 6.54 Å². The Morgan fingerprint density at radius 2 is 2.06 bits per heavy atom. The van der Waals surface area contributed by atoms with Crippen molar-refractivity contribution >= 4 is 15.9 Å². The zero-order valence-electron chi connectivity index (χ0n) is 9.75. The molecule has 2 aromatic rings. The van der Waals surface area contributed by atoms with E-state index >= 15 is 0 Å². The largest absolute Gasteiger partial charge is 0.307 e. The highest BCUT2D eigenvalue weighted by molar-refractivity contribution is 9.10. The number of rotatable bonds is 4. The van der Waals surface area contributed by atoms with Gasteiger partial charge in [-0.25, -0.2) is 8.78 Å². The van der Waals surface area contributed by atoms with Crippen LogP contribution in [0.4, 0.5) is 8.78 Å². The van der Waals surface area contributed by atoms with E-state index in [2.05, 4.69) is 26.3 Å². The van der Waals surface area contributed by atoms with Gasteiger partial charge in [-0.3, -0.25) is 4.68 Å². The normalized spacial score (nSPS) is 10.9. The van der Waals surface area contributed by atoms with Gasteiger partial charge in [0.1, 0.15) is 11.6 Å². The van der Waals surface area contributed by atoms with Crippen LogP contribution >= 0.6 is 15.9 Å². The van der Waals surface area contributed by atoms with Crippen molar-refractivity contribution in [2.45, 2.75) is 13.1 Å². The number of hydrogen-bond donors (Lipinski definition) is 1. The molecule has 1 aromatic heterocycles. The van der Waals surface area contributed by atoms with E-state index in [1.54, 1.807) is 4.68 Å². The quantitative estimate of drug-likeness (QED) is 0.879. The number of benzene rings is 1. The van der Waals surface area contributed by atoms with Gasteiger partial charge in [-0.15, -0.1) is 0 Å². The van der Waals surface area contributed by atoms with Crippen LogP contribution in [0.1, 0.15) is 11.3 Å². The molecule has 0 saturated carbocycles. The molecule has 1 aromatic carbocycles. The summed E-state index contributed by atoms with van der Waals surface area (Å²) in [5.41, 5.74) is 0.855. The third-order valence-electron chi connectivity index (χ3n) is 2.52. The summed E-state index contributed by atoms with van der Waals surface area (Å²) in [6, 6.07) is 4.44. The minimum atomic E-state index is -0.566. The molecular weight excluding hydrogens is 304 g/mol. The Morgan fingerprint density at radius 1 is 1.28 bits per heavy atom. The molecule has 1 N–H and O–H groups in total. The average molecular weight is 316 g/mol. The van der Waals surface area contributed by atoms with Gasteiger partial charge in [-0.05, 0) is 34.1 Å². The Hall–Kier alpha value is -1.27. The molecule has 96 valence electrons. The van der Waals surface area contributed by atoms with E-state index in [1.807, 2.05) is 19.3 Å². The third kappa shape index (κ3) is 2.94. The first kappa shape index (κ1) is 13.2. The summed E-state index contributed by atoms with van der Waals surface area (Å²) in [5, 5.41) is 7.13. The number of aryl methyl sites for hydroxylation is 1. The highest BCUT2D eigenvalue weighted by atomic mass is 79.9. The number of halogens is 3. The molecule has 0 aliphatic heterocycles. The van der Waals surface area contributed by atoms with Crippen LogP contribution < -0.4 is 5.32 Å². The summed E-state index contributed by atoms with van der Waals surface area (Å²) in [6.07, 6.45) is 1.82. The molecular formula is C12H12BrF2N3. The number of aromatic nitrogens is 2. The van der Waals surface area contributed by atoms with Gasteiger partial charge in [0.25, 0.3) is 0 Å². The van der Waals surface area contributed by atoms with Gasteiger partial charge in [0.05, 0.1) is 10.2 Å². The zero-order valence-corrected chi connectivity index (χ0v) is 11.3. The van der Waals surface area contributed by atoms with Crippen molar-refractivity contribution in [1.29, 1.82) is 0 Å². The summed E-state index contributed by atoms with van der Waals surface area (Å²) in [4.78, 5) is 0. The molecule has 0 unspecified atom stereocenters. The van der Waals surface area contributed by atoms with Crippen molar-refractivity contribution in [3.63, 3.8) is 0 Å². The fourth-order valence-corrected chi connectivity index (χ4v) is 1.98. The maximum Gasteiger partial charge on any atom is 0.144 e. The molecule has 0 fully saturated rings. The van der Waals surface area contributed by atoms with Gasteiger partial charge in [0, 0.05) is 31.9 Å². The Morgan fingerprint density at radius 3 is 2.72 bits per heavy atom. The number of hydrogen-bond acceptors (Lipinski definition) is 2. The first-order valence-electron chi connectivity index (χ1n) is 5.39. The maximum atomic E-state index is 13.6. The summed E-state index contributed by atoms with van der Waals surface area (Å²) in [6.45, 7) is 0.583. The van der Waals surface area contributed by atoms with Crippen LogP contribution in [0.15, 0.2) is 28.9 Å². The Labute approximate surface area is 112 Å². The summed E-state index contributed by atoms with van der Waals surface area (Å²) in [5.74, 6) is -1.12. The van der Waals surface area contributed by atoms with E-state index in [1.165, 1.54) is 12.1 Å². The first-order valence-corrected chi connectivity index (χ1v) is 6.19. The van der Waals surface area contributed by atoms with Crippen molar-refractivity contribution in [1.82, 2.24) is 15.1 Å². The van der Waals surface area contributed by atoms with E-state index in [0.717, 1.165) is 5.69 Å². The lowest BCUT2D eigenvalue weighted by Gasteiger charge is -2.07. The second-order valence-electron chi connectivity index (χ2n) is 3.91. The van der Waals surface area contributed by atoms with Gasteiger partial charge in [-0.1, -0.05) is 0 Å². The summed E-state index contributed by atoms with van der Waals surface area (Å²) >= 11 is 3.04. The maximum absolute atomic E-state index is 13.6. The fraction of sp³-hybridized carbons (Fsp3) is 0.250. The van der Waals surface area contributed by atoms with Crippen LogP contribution in [-0.2, 0) is 20.1 Å². The van der Waals surface area contributed by atoms with Crippen molar-refractivity contribution in [3.05, 3.63) is 51.8 Å². The predicted octanol–water partition coefficient (Wildman–Crippen LogP) is 2.75. The van der Waals surface area contributed by atoms with E-state index in [4.69, 9.17) is 0 Å². The van der Waals surface area contributed by atoms with Gasteiger partial charge < -0.3 is 5.32 Å². The lowest BCUT2D eigenvalue weighted by Crippen LogP contribution is -2.15. The molecule has 1 heterocycles. The molecule has 0 atom stereocenters. The van der Waals surface area contributed by atoms with Crippen LogP contribution in [0.2, 0.25) is 0 Å². The predicted molar refractivity (Wildman–Crippen MR) is 67.8 cm³/mol. The van der Waals surface area contributed by atoms with Gasteiger partial charge in [-0.2, -0.15) is 5.10 Å². The molecule has 6 heteroatoms. The van der Waals surface area contributed by atoms with E-state index in [-0.39, 0.29) is 16.6 Å². The van der Waals surface area contributed by atoms with Gasteiger partial charge >= 0.3 is 0 Å².